The number of nitrogens with zero attached hydrogens (tertiary/aromatic N) is 3. The van der Waals surface area contributed by atoms with Crippen LogP contribution in [0.2, 0.25) is 0 Å². The van der Waals surface area contributed by atoms with Gasteiger partial charge in [0, 0.05) is 4.90 Å². The zero-order valence-electron chi connectivity index (χ0n) is 11.7. The minimum absolute atomic E-state index is 0.125. The minimum Gasteiger partial charge on any atom is -0.272 e. The predicted molar refractivity (Wildman–Crippen MR) is 85.9 cm³/mol. The summed E-state index contributed by atoms with van der Waals surface area (Å²) in [6.07, 6.45) is 2.90. The molecule has 1 heterocycles. The second-order valence-corrected chi connectivity index (χ2v) is 5.75. The Labute approximate surface area is 132 Å². The summed E-state index contributed by atoms with van der Waals surface area (Å²) in [6, 6.07) is 19.6. The molecule has 0 aliphatic carbocycles. The van der Waals surface area contributed by atoms with Gasteiger partial charge in [0.25, 0.3) is 5.91 Å². The second-order valence-electron chi connectivity index (χ2n) is 4.57. The van der Waals surface area contributed by atoms with Crippen molar-refractivity contribution in [3.63, 3.8) is 0 Å². The largest absolute Gasteiger partial charge is 0.272 e. The molecule has 3 aromatic rings. The normalized spacial score (nSPS) is 11.8. The average Bonchev–Trinajstić information content (AvgIpc) is 3.07. The molecule has 1 aromatic heterocycles. The van der Waals surface area contributed by atoms with Crippen LogP contribution < -0.4 is 5.43 Å². The Balaban J connectivity index is 1.84. The van der Waals surface area contributed by atoms with Crippen LogP contribution in [0.15, 0.2) is 78.2 Å². The Hall–Kier alpha value is -2.60. The number of aromatic nitrogens is 3. The summed E-state index contributed by atoms with van der Waals surface area (Å²) in [5.41, 5.74) is 3.72. The van der Waals surface area contributed by atoms with E-state index in [0.29, 0.717) is 0 Å². The van der Waals surface area contributed by atoms with Crippen LogP contribution in [0.4, 0.5) is 0 Å². The van der Waals surface area contributed by atoms with Crippen LogP contribution in [0, 0.1) is 0 Å². The number of hydrogen-bond acceptors (Lipinski definition) is 4. The summed E-state index contributed by atoms with van der Waals surface area (Å²) in [6.45, 7) is 0. The van der Waals surface area contributed by atoms with Crippen LogP contribution in [0.1, 0.15) is 10.8 Å². The van der Waals surface area contributed by atoms with Crippen molar-refractivity contribution >= 4 is 17.7 Å². The lowest BCUT2D eigenvalue weighted by molar-refractivity contribution is -0.116. The molecule has 2 aromatic carbocycles. The van der Waals surface area contributed by atoms with Gasteiger partial charge in [0.1, 0.15) is 17.9 Å². The molecule has 0 fully saturated rings. The van der Waals surface area contributed by atoms with Gasteiger partial charge in [0.15, 0.2) is 0 Å². The summed E-state index contributed by atoms with van der Waals surface area (Å²) in [7, 11) is 0. The highest BCUT2D eigenvalue weighted by Gasteiger charge is 2.22. The standard InChI is InChI=1S/C16H14N4OS/c21-16(19-20-11-17-18-12-20)15(13-7-3-1-4-8-13)22-14-9-5-2-6-10-14/h1-12,15H,(H,19,21)/t15-/m0/s1. The molecule has 0 radical (unpaired) electrons. The fourth-order valence-corrected chi connectivity index (χ4v) is 3.02. The average molecular weight is 310 g/mol. The van der Waals surface area contributed by atoms with Crippen LogP contribution in [0.3, 0.4) is 0 Å². The fourth-order valence-electron chi connectivity index (χ4n) is 1.98. The first kappa shape index (κ1) is 14.3. The van der Waals surface area contributed by atoms with Crippen molar-refractivity contribution in [1.82, 2.24) is 14.9 Å². The molecule has 1 atom stereocenters. The highest BCUT2D eigenvalue weighted by atomic mass is 32.2. The molecule has 0 unspecified atom stereocenters. The van der Waals surface area contributed by atoms with Gasteiger partial charge in [-0.1, -0.05) is 48.5 Å². The Kier molecular flexibility index (Phi) is 4.50. The molecule has 5 nitrogen and oxygen atoms in total. The molecule has 0 saturated carbocycles. The second kappa shape index (κ2) is 6.91. The number of benzene rings is 2. The van der Waals surface area contributed by atoms with Crippen LogP contribution in [0.5, 0.6) is 0 Å². The highest BCUT2D eigenvalue weighted by molar-refractivity contribution is 8.00. The van der Waals surface area contributed by atoms with Gasteiger partial charge in [-0.25, -0.2) is 4.68 Å². The Morgan fingerprint density at radius 3 is 2.18 bits per heavy atom. The smallest absolute Gasteiger partial charge is 0.256 e. The molecule has 6 heteroatoms. The lowest BCUT2D eigenvalue weighted by Gasteiger charge is -2.17. The maximum Gasteiger partial charge on any atom is 0.256 e. The van der Waals surface area contributed by atoms with Crippen LogP contribution in [-0.2, 0) is 4.79 Å². The van der Waals surface area contributed by atoms with Gasteiger partial charge in [-0.05, 0) is 17.7 Å². The van der Waals surface area contributed by atoms with Gasteiger partial charge in [-0.15, -0.1) is 22.0 Å². The number of rotatable bonds is 5. The van der Waals surface area contributed by atoms with Gasteiger partial charge >= 0.3 is 0 Å². The molecule has 0 aliphatic rings. The van der Waals surface area contributed by atoms with E-state index in [1.807, 2.05) is 60.7 Å². The number of carbonyl (C=O) groups excluding carboxylic acids is 1. The molecule has 110 valence electrons. The molecular formula is C16H14N4OS. The first-order valence-corrected chi connectivity index (χ1v) is 7.63. The predicted octanol–water partition coefficient (Wildman–Crippen LogP) is 2.88. The van der Waals surface area contributed by atoms with Crippen molar-refractivity contribution in [1.29, 1.82) is 0 Å². The van der Waals surface area contributed by atoms with Gasteiger partial charge in [-0.2, -0.15) is 0 Å². The van der Waals surface area contributed by atoms with E-state index in [9.17, 15) is 4.79 Å². The van der Waals surface area contributed by atoms with Crippen molar-refractivity contribution in [2.24, 2.45) is 0 Å². The first-order valence-electron chi connectivity index (χ1n) is 6.75. The monoisotopic (exact) mass is 310 g/mol. The summed E-state index contributed by atoms with van der Waals surface area (Å²) in [5, 5.41) is 7.01. The van der Waals surface area contributed by atoms with Crippen molar-refractivity contribution in [3.8, 4) is 0 Å². The van der Waals surface area contributed by atoms with Crippen LogP contribution in [0.25, 0.3) is 0 Å². The summed E-state index contributed by atoms with van der Waals surface area (Å²) >= 11 is 1.51. The first-order chi connectivity index (χ1) is 10.8. The molecule has 0 saturated heterocycles. The van der Waals surface area contributed by atoms with Crippen molar-refractivity contribution in [2.45, 2.75) is 10.1 Å². The Morgan fingerprint density at radius 2 is 1.55 bits per heavy atom. The minimum atomic E-state index is -0.356. The van der Waals surface area contributed by atoms with E-state index >= 15 is 0 Å². The van der Waals surface area contributed by atoms with E-state index in [1.165, 1.54) is 29.1 Å². The number of carbonyl (C=O) groups is 1. The van der Waals surface area contributed by atoms with Crippen molar-refractivity contribution < 1.29 is 4.79 Å². The third-order valence-corrected chi connectivity index (χ3v) is 4.26. The molecule has 0 bridgehead atoms. The van der Waals surface area contributed by atoms with Gasteiger partial charge in [0.05, 0.1) is 0 Å². The van der Waals surface area contributed by atoms with E-state index in [-0.39, 0.29) is 11.2 Å². The number of nitrogens with one attached hydrogen (secondary N) is 1. The molecular weight excluding hydrogens is 296 g/mol. The Bertz CT molecular complexity index is 716. The number of hydrogen-bond donors (Lipinski definition) is 1. The van der Waals surface area contributed by atoms with Gasteiger partial charge in [0.2, 0.25) is 0 Å². The van der Waals surface area contributed by atoms with E-state index in [1.54, 1.807) is 0 Å². The van der Waals surface area contributed by atoms with Crippen LogP contribution >= 0.6 is 11.8 Å². The van der Waals surface area contributed by atoms with Crippen molar-refractivity contribution in [3.05, 3.63) is 78.9 Å². The maximum atomic E-state index is 12.6. The van der Waals surface area contributed by atoms with Crippen LogP contribution in [-0.4, -0.2) is 20.8 Å². The van der Waals surface area contributed by atoms with Gasteiger partial charge in [-0.3, -0.25) is 10.2 Å². The van der Waals surface area contributed by atoms with E-state index in [4.69, 9.17) is 0 Å². The van der Waals surface area contributed by atoms with Gasteiger partial charge < -0.3 is 0 Å². The molecule has 22 heavy (non-hydrogen) atoms. The summed E-state index contributed by atoms with van der Waals surface area (Å²) in [5.74, 6) is -0.125. The van der Waals surface area contributed by atoms with E-state index < -0.39 is 0 Å². The summed E-state index contributed by atoms with van der Waals surface area (Å²) < 4.78 is 1.45. The van der Waals surface area contributed by atoms with Crippen molar-refractivity contribution in [2.75, 3.05) is 5.43 Å². The van der Waals surface area contributed by atoms with E-state index in [2.05, 4.69) is 15.6 Å². The number of thioether (sulfide) groups is 1. The SMILES string of the molecule is O=C(Nn1cnnc1)[C@@H](Sc1ccccc1)c1ccccc1. The highest BCUT2D eigenvalue weighted by Crippen LogP contribution is 2.35. The molecule has 3 rings (SSSR count). The molecule has 1 amide bonds. The topological polar surface area (TPSA) is 59.8 Å². The zero-order valence-corrected chi connectivity index (χ0v) is 12.5. The van der Waals surface area contributed by atoms with E-state index in [0.717, 1.165) is 10.5 Å². The lowest BCUT2D eigenvalue weighted by Crippen LogP contribution is -2.26. The molecule has 1 N–H and O–H groups in total. The zero-order chi connectivity index (χ0) is 15.2. The Morgan fingerprint density at radius 1 is 0.955 bits per heavy atom. The summed E-state index contributed by atoms with van der Waals surface area (Å²) in [4.78, 5) is 13.6. The molecule has 0 aliphatic heterocycles. The number of amides is 1. The lowest BCUT2D eigenvalue weighted by atomic mass is 10.1. The third kappa shape index (κ3) is 3.53. The molecule has 0 spiro atoms. The third-order valence-electron chi connectivity index (χ3n) is 3.00. The maximum absolute atomic E-state index is 12.6. The quantitative estimate of drug-likeness (QED) is 0.736. The fraction of sp³-hybridized carbons (Fsp3) is 0.0625.